The summed E-state index contributed by atoms with van der Waals surface area (Å²) in [6, 6.07) is 5.97. The topological polar surface area (TPSA) is 29.9 Å². The van der Waals surface area contributed by atoms with E-state index in [1.807, 2.05) is 33.2 Å². The number of benzene rings is 1. The lowest BCUT2D eigenvalue weighted by Gasteiger charge is -2.18. The van der Waals surface area contributed by atoms with Gasteiger partial charge in [-0.15, -0.1) is 0 Å². The van der Waals surface area contributed by atoms with E-state index < -0.39 is 0 Å². The number of hydrogen-bond acceptors (Lipinski definition) is 2. The molecule has 1 aromatic heterocycles. The van der Waals surface area contributed by atoms with Gasteiger partial charge in [-0.05, 0) is 31.2 Å². The van der Waals surface area contributed by atoms with Gasteiger partial charge in [0.2, 0.25) is 0 Å². The normalized spacial score (nSPS) is 12.7. The van der Waals surface area contributed by atoms with Crippen molar-refractivity contribution in [3.05, 3.63) is 51.3 Å². The van der Waals surface area contributed by atoms with Crippen molar-refractivity contribution < 1.29 is 0 Å². The van der Waals surface area contributed by atoms with Crippen LogP contribution < -0.4 is 5.32 Å². The molecule has 0 spiro atoms. The minimum Gasteiger partial charge on any atom is -0.308 e. The maximum Gasteiger partial charge on any atom is 0.0837 e. The highest BCUT2D eigenvalue weighted by molar-refractivity contribution is 6.31. The number of hydrogen-bond donors (Lipinski definition) is 1. The molecule has 1 atom stereocenters. The van der Waals surface area contributed by atoms with Gasteiger partial charge < -0.3 is 5.32 Å². The van der Waals surface area contributed by atoms with Crippen LogP contribution in [0.3, 0.4) is 0 Å². The van der Waals surface area contributed by atoms with Crippen molar-refractivity contribution in [1.29, 1.82) is 0 Å². The predicted molar refractivity (Wildman–Crippen MR) is 75.3 cm³/mol. The Morgan fingerprint density at radius 1 is 1.28 bits per heavy atom. The average Bonchev–Trinajstić information content (AvgIpc) is 2.66. The molecule has 0 fully saturated rings. The lowest BCUT2D eigenvalue weighted by molar-refractivity contribution is 0.606. The molecule has 0 bridgehead atoms. The molecule has 0 amide bonds. The van der Waals surface area contributed by atoms with Crippen molar-refractivity contribution in [2.75, 3.05) is 7.05 Å². The lowest BCUT2D eigenvalue weighted by Crippen LogP contribution is -2.21. The minimum atomic E-state index is 0.000895. The van der Waals surface area contributed by atoms with Gasteiger partial charge in [-0.25, -0.2) is 0 Å². The van der Waals surface area contributed by atoms with Crippen molar-refractivity contribution in [2.45, 2.75) is 13.0 Å². The number of rotatable bonds is 3. The maximum absolute atomic E-state index is 6.19. The molecule has 1 heterocycles. The fourth-order valence-electron chi connectivity index (χ4n) is 2.05. The summed E-state index contributed by atoms with van der Waals surface area (Å²) in [5.41, 5.74) is 3.11. The van der Waals surface area contributed by atoms with Gasteiger partial charge in [0.25, 0.3) is 0 Å². The van der Waals surface area contributed by atoms with Crippen molar-refractivity contribution >= 4 is 23.2 Å². The number of aromatic nitrogens is 2. The van der Waals surface area contributed by atoms with E-state index in [0.29, 0.717) is 5.02 Å². The van der Waals surface area contributed by atoms with E-state index in [1.54, 1.807) is 10.9 Å². The highest BCUT2D eigenvalue weighted by Crippen LogP contribution is 2.29. The lowest BCUT2D eigenvalue weighted by atomic mass is 10.0. The van der Waals surface area contributed by atoms with Crippen LogP contribution in [0.5, 0.6) is 0 Å². The Hall–Kier alpha value is -1.03. The fourth-order valence-corrected chi connectivity index (χ4v) is 2.45. The predicted octanol–water partition coefficient (Wildman–Crippen LogP) is 3.34. The second-order valence-corrected chi connectivity index (χ2v) is 5.05. The van der Waals surface area contributed by atoms with Gasteiger partial charge in [-0.2, -0.15) is 5.10 Å². The third-order valence-electron chi connectivity index (χ3n) is 3.02. The molecular formula is C13H15Cl2N3. The molecule has 2 aromatic rings. The summed E-state index contributed by atoms with van der Waals surface area (Å²) in [6.45, 7) is 1.99. The smallest absolute Gasteiger partial charge is 0.0837 e. The van der Waals surface area contributed by atoms with Gasteiger partial charge in [-0.1, -0.05) is 35.3 Å². The Labute approximate surface area is 117 Å². The molecule has 0 aliphatic rings. The third kappa shape index (κ3) is 2.39. The second-order valence-electron chi connectivity index (χ2n) is 4.23. The van der Waals surface area contributed by atoms with Crippen LogP contribution in [0.4, 0.5) is 0 Å². The maximum atomic E-state index is 6.19. The number of aryl methyl sites for hydroxylation is 2. The Morgan fingerprint density at radius 3 is 2.50 bits per heavy atom. The van der Waals surface area contributed by atoms with Crippen molar-refractivity contribution in [2.24, 2.45) is 7.05 Å². The fraction of sp³-hybridized carbons (Fsp3) is 0.308. The first-order valence-electron chi connectivity index (χ1n) is 5.65. The molecule has 2 rings (SSSR count). The Morgan fingerprint density at radius 2 is 2.00 bits per heavy atom. The second kappa shape index (κ2) is 5.31. The van der Waals surface area contributed by atoms with E-state index in [2.05, 4.69) is 16.5 Å². The molecule has 96 valence electrons. The molecule has 0 saturated heterocycles. The van der Waals surface area contributed by atoms with Gasteiger partial charge in [0, 0.05) is 12.1 Å². The molecule has 0 saturated carbocycles. The molecule has 1 unspecified atom stereocenters. The van der Waals surface area contributed by atoms with Crippen LogP contribution in [0.25, 0.3) is 0 Å². The summed E-state index contributed by atoms with van der Waals surface area (Å²) < 4.78 is 1.79. The highest BCUT2D eigenvalue weighted by atomic mass is 35.5. The van der Waals surface area contributed by atoms with Crippen LogP contribution >= 0.6 is 23.2 Å². The van der Waals surface area contributed by atoms with E-state index in [0.717, 1.165) is 21.8 Å². The van der Waals surface area contributed by atoms with Crippen LogP contribution in [0.2, 0.25) is 10.0 Å². The van der Waals surface area contributed by atoms with Crippen LogP contribution in [0.15, 0.2) is 24.4 Å². The molecule has 0 aliphatic carbocycles. The van der Waals surface area contributed by atoms with Gasteiger partial charge in [0.05, 0.1) is 23.0 Å². The first kappa shape index (κ1) is 13.4. The first-order valence-corrected chi connectivity index (χ1v) is 6.41. The SMILES string of the molecule is CNC(c1ccc(Cl)c(C)c1)c1c(Cl)cnn1C. The molecule has 0 radical (unpaired) electrons. The number of halogens is 2. The van der Waals surface area contributed by atoms with E-state index in [-0.39, 0.29) is 6.04 Å². The van der Waals surface area contributed by atoms with Gasteiger partial charge in [0.1, 0.15) is 0 Å². The Bertz CT molecular complexity index is 544. The van der Waals surface area contributed by atoms with Gasteiger partial charge in [0.15, 0.2) is 0 Å². The summed E-state index contributed by atoms with van der Waals surface area (Å²) >= 11 is 12.2. The zero-order valence-electron chi connectivity index (χ0n) is 10.5. The quantitative estimate of drug-likeness (QED) is 0.936. The molecule has 5 heteroatoms. The summed E-state index contributed by atoms with van der Waals surface area (Å²) in [6.07, 6.45) is 1.66. The summed E-state index contributed by atoms with van der Waals surface area (Å²) in [7, 11) is 3.78. The van der Waals surface area contributed by atoms with Gasteiger partial charge >= 0.3 is 0 Å². The zero-order valence-corrected chi connectivity index (χ0v) is 12.0. The monoisotopic (exact) mass is 283 g/mol. The molecule has 1 aromatic carbocycles. The highest BCUT2D eigenvalue weighted by Gasteiger charge is 2.19. The molecular weight excluding hydrogens is 269 g/mol. The molecule has 3 nitrogen and oxygen atoms in total. The van der Waals surface area contributed by atoms with Crippen molar-refractivity contribution in [3.8, 4) is 0 Å². The number of nitrogens with one attached hydrogen (secondary N) is 1. The largest absolute Gasteiger partial charge is 0.308 e. The zero-order chi connectivity index (χ0) is 13.3. The standard InChI is InChI=1S/C13H15Cl2N3/c1-8-6-9(4-5-10(8)14)12(16-2)13-11(15)7-17-18(13)3/h4-7,12,16H,1-3H3. The van der Waals surface area contributed by atoms with Crippen LogP contribution in [-0.4, -0.2) is 16.8 Å². The van der Waals surface area contributed by atoms with E-state index >= 15 is 0 Å². The van der Waals surface area contributed by atoms with Crippen LogP contribution in [-0.2, 0) is 7.05 Å². The summed E-state index contributed by atoms with van der Waals surface area (Å²) in [5, 5.41) is 8.86. The summed E-state index contributed by atoms with van der Waals surface area (Å²) in [5.74, 6) is 0. The van der Waals surface area contributed by atoms with E-state index in [9.17, 15) is 0 Å². The summed E-state index contributed by atoms with van der Waals surface area (Å²) in [4.78, 5) is 0. The van der Waals surface area contributed by atoms with Gasteiger partial charge in [-0.3, -0.25) is 4.68 Å². The number of nitrogens with zero attached hydrogens (tertiary/aromatic N) is 2. The van der Waals surface area contributed by atoms with E-state index in [1.165, 1.54) is 0 Å². The average molecular weight is 284 g/mol. The van der Waals surface area contributed by atoms with Crippen LogP contribution in [0, 0.1) is 6.92 Å². The minimum absolute atomic E-state index is 0.000895. The van der Waals surface area contributed by atoms with E-state index in [4.69, 9.17) is 23.2 Å². The third-order valence-corrected chi connectivity index (χ3v) is 3.73. The Kier molecular flexibility index (Phi) is 3.95. The first-order chi connectivity index (χ1) is 8.54. The molecule has 18 heavy (non-hydrogen) atoms. The van der Waals surface area contributed by atoms with Crippen molar-refractivity contribution in [1.82, 2.24) is 15.1 Å². The molecule has 0 aliphatic heterocycles. The van der Waals surface area contributed by atoms with Crippen molar-refractivity contribution in [3.63, 3.8) is 0 Å². The Balaban J connectivity index is 2.48. The molecule has 1 N–H and O–H groups in total. The van der Waals surface area contributed by atoms with Crippen LogP contribution in [0.1, 0.15) is 22.9 Å².